The summed E-state index contributed by atoms with van der Waals surface area (Å²) >= 11 is 0. The van der Waals surface area contributed by atoms with Crippen LogP contribution >= 0.6 is 0 Å². The molecule has 0 radical (unpaired) electrons. The summed E-state index contributed by atoms with van der Waals surface area (Å²) in [6.45, 7) is 5.75. The summed E-state index contributed by atoms with van der Waals surface area (Å²) < 4.78 is 108. The van der Waals surface area contributed by atoms with Crippen LogP contribution < -0.4 is 10.2 Å². The molecule has 0 saturated carbocycles. The number of rotatable bonds is 26. The van der Waals surface area contributed by atoms with E-state index in [0.717, 1.165) is 41.8 Å². The van der Waals surface area contributed by atoms with Gasteiger partial charge in [-0.25, -0.2) is 0 Å². The second kappa shape index (κ2) is 22.5. The SMILES string of the molecule is COCC[N+]1=C(C=CC=CC=C2N(CCCCCC(=O)NCCN3C(=O)C=CC3=O)c3ccc(S(=O)(=O)OC)cc3C2(C)CCOC)C(C)(CCCS(=O)(=O)OC)c2cc(S(=O)(=O)O)ccc21. The quantitative estimate of drug-likeness (QED) is 0.0331. The minimum atomic E-state index is -4.57. The molecule has 0 saturated heterocycles. The number of methoxy groups -OCH3 is 2. The van der Waals surface area contributed by atoms with Gasteiger partial charge in [0.25, 0.3) is 42.2 Å². The number of ether oxygens (including phenoxy) is 2. The van der Waals surface area contributed by atoms with Gasteiger partial charge in [0.2, 0.25) is 11.6 Å². The molecule has 67 heavy (non-hydrogen) atoms. The molecule has 0 fully saturated rings. The van der Waals surface area contributed by atoms with E-state index in [1.54, 1.807) is 32.4 Å². The smallest absolute Gasteiger partial charge is 0.296 e. The largest absolute Gasteiger partial charge is 0.385 e. The number of allylic oxidation sites excluding steroid dienone is 6. The molecule has 366 valence electrons. The van der Waals surface area contributed by atoms with E-state index in [0.29, 0.717) is 63.2 Å². The lowest BCUT2D eigenvalue weighted by molar-refractivity contribution is -0.441. The Balaban J connectivity index is 1.44. The molecule has 5 rings (SSSR count). The first-order valence-corrected chi connectivity index (χ1v) is 26.2. The minimum absolute atomic E-state index is 0.0111. The number of anilines is 1. The molecule has 18 nitrogen and oxygen atoms in total. The van der Waals surface area contributed by atoms with Crippen molar-refractivity contribution in [3.63, 3.8) is 0 Å². The number of nitrogens with zero attached hydrogens (tertiary/aromatic N) is 3. The van der Waals surface area contributed by atoms with Crippen molar-refractivity contribution in [1.29, 1.82) is 0 Å². The lowest BCUT2D eigenvalue weighted by atomic mass is 9.76. The number of nitrogens with one attached hydrogen (secondary N) is 1. The van der Waals surface area contributed by atoms with E-state index in [-0.39, 0.29) is 53.8 Å². The third-order valence-electron chi connectivity index (χ3n) is 12.4. The first-order valence-electron chi connectivity index (χ1n) is 21.8. The maximum Gasteiger partial charge on any atom is 0.296 e. The maximum atomic E-state index is 12.9. The highest BCUT2D eigenvalue weighted by Crippen LogP contribution is 2.51. The summed E-state index contributed by atoms with van der Waals surface area (Å²) in [5, 5.41) is 2.77. The molecule has 3 amide bonds. The fourth-order valence-electron chi connectivity index (χ4n) is 8.79. The van der Waals surface area contributed by atoms with Crippen molar-refractivity contribution < 1.29 is 66.6 Å². The van der Waals surface area contributed by atoms with Gasteiger partial charge in [0.05, 0.1) is 35.2 Å². The van der Waals surface area contributed by atoms with Crippen LogP contribution in [0.15, 0.2) is 94.4 Å². The number of hydrogen-bond acceptors (Lipinski definition) is 14. The molecule has 0 bridgehead atoms. The number of amides is 3. The molecule has 0 aromatic heterocycles. The molecule has 2 N–H and O–H groups in total. The lowest BCUT2D eigenvalue weighted by Crippen LogP contribution is -2.38. The molecule has 2 atom stereocenters. The third kappa shape index (κ3) is 12.4. The Labute approximate surface area is 394 Å². The van der Waals surface area contributed by atoms with Crippen LogP contribution in [-0.2, 0) is 73.4 Å². The number of imide groups is 1. The number of hydrogen-bond donors (Lipinski definition) is 2. The Morgan fingerprint density at radius 2 is 1.45 bits per heavy atom. The van der Waals surface area contributed by atoms with Crippen molar-refractivity contribution in [3.05, 3.63) is 95.8 Å². The van der Waals surface area contributed by atoms with Gasteiger partial charge in [-0.15, -0.1) is 0 Å². The van der Waals surface area contributed by atoms with Crippen molar-refractivity contribution in [1.82, 2.24) is 10.2 Å². The Morgan fingerprint density at radius 3 is 2.10 bits per heavy atom. The predicted octanol–water partition coefficient (Wildman–Crippen LogP) is 4.44. The summed E-state index contributed by atoms with van der Waals surface area (Å²) in [6, 6.07) is 9.28. The van der Waals surface area contributed by atoms with Crippen LogP contribution in [0.4, 0.5) is 11.4 Å². The predicted molar refractivity (Wildman–Crippen MR) is 251 cm³/mol. The Morgan fingerprint density at radius 1 is 0.761 bits per heavy atom. The molecule has 21 heteroatoms. The zero-order valence-electron chi connectivity index (χ0n) is 38.7. The molecule has 2 aromatic carbocycles. The van der Waals surface area contributed by atoms with Crippen molar-refractivity contribution in [3.8, 4) is 0 Å². The lowest BCUT2D eigenvalue weighted by Gasteiger charge is -2.30. The molecule has 0 aliphatic carbocycles. The van der Waals surface area contributed by atoms with Gasteiger partial charge in [-0.1, -0.05) is 24.6 Å². The third-order valence-corrected chi connectivity index (χ3v) is 15.9. The van der Waals surface area contributed by atoms with Gasteiger partial charge in [-0.2, -0.15) is 29.8 Å². The second-order valence-electron chi connectivity index (χ2n) is 16.7. The van der Waals surface area contributed by atoms with Crippen molar-refractivity contribution in [2.24, 2.45) is 0 Å². The molecular formula is C46H61N4O14S3+. The standard InChI is InChI=1S/C46H60N4O14S3/c1-45(23-13-31-65(54,55)63-5)36-32-34(66(56,57)58)17-19-39(36)49(28-30-62-4)40(45)14-9-7-10-15-41-46(2,24-29-61-3)37-33-35(67(59,60)64-6)18-20-38(37)48(41)26-12-8-11-16-42(51)47-25-27-50-43(52)21-22-44(50)53/h7,9-10,14-15,17-22,32-33H,8,11-13,16,23-31H2,1-6H3,(H-,47,51,56,57,58)/p+1. The Bertz CT molecular complexity index is 2680. The summed E-state index contributed by atoms with van der Waals surface area (Å²) in [5.74, 6) is -1.28. The normalized spacial score (nSPS) is 20.4. The Hall–Kier alpha value is -4.87. The molecule has 3 heterocycles. The first-order chi connectivity index (χ1) is 31.7. The summed E-state index contributed by atoms with van der Waals surface area (Å²) in [4.78, 5) is 39.2. The summed E-state index contributed by atoms with van der Waals surface area (Å²) in [7, 11) is -7.03. The van der Waals surface area contributed by atoms with Crippen LogP contribution in [0.2, 0.25) is 0 Å². The van der Waals surface area contributed by atoms with Gasteiger partial charge in [-0.05, 0) is 87.9 Å². The topological polar surface area (TPSA) is 232 Å². The van der Waals surface area contributed by atoms with Crippen molar-refractivity contribution in [2.45, 2.75) is 79.4 Å². The number of carbonyl (C=O) groups is 3. The van der Waals surface area contributed by atoms with Crippen LogP contribution in [0.3, 0.4) is 0 Å². The fraction of sp³-hybridized carbons (Fsp3) is 0.478. The van der Waals surface area contributed by atoms with Gasteiger partial charge in [0, 0.05) is 93.5 Å². The second-order valence-corrected chi connectivity index (χ2v) is 21.7. The molecule has 3 aliphatic rings. The number of benzene rings is 2. The molecule has 2 aromatic rings. The van der Waals surface area contributed by atoms with E-state index in [1.807, 2.05) is 48.8 Å². The van der Waals surface area contributed by atoms with E-state index in [9.17, 15) is 44.2 Å². The van der Waals surface area contributed by atoms with Crippen LogP contribution in [0.5, 0.6) is 0 Å². The van der Waals surface area contributed by atoms with E-state index in [2.05, 4.69) is 14.4 Å². The summed E-state index contributed by atoms with van der Waals surface area (Å²) in [5.41, 5.74) is 2.84. The van der Waals surface area contributed by atoms with Gasteiger partial charge in [0.15, 0.2) is 12.3 Å². The highest BCUT2D eigenvalue weighted by atomic mass is 32.2. The minimum Gasteiger partial charge on any atom is -0.385 e. The number of unbranched alkanes of at least 4 members (excludes halogenated alkanes) is 2. The molecule has 2 unspecified atom stereocenters. The maximum absolute atomic E-state index is 12.9. The Kier molecular flexibility index (Phi) is 17.8. The molecule has 0 spiro atoms. The van der Waals surface area contributed by atoms with Crippen LogP contribution in [0, 0.1) is 0 Å². The van der Waals surface area contributed by atoms with E-state index < -0.39 is 53.0 Å². The van der Waals surface area contributed by atoms with Gasteiger partial charge in [-0.3, -0.25) is 32.2 Å². The zero-order valence-corrected chi connectivity index (χ0v) is 41.2. The average molecular weight is 990 g/mol. The zero-order chi connectivity index (χ0) is 49.2. The van der Waals surface area contributed by atoms with Gasteiger partial charge >= 0.3 is 0 Å². The highest BCUT2D eigenvalue weighted by molar-refractivity contribution is 7.87. The molecular weight excluding hydrogens is 929 g/mol. The average Bonchev–Trinajstić information content (AvgIpc) is 3.82. The summed E-state index contributed by atoms with van der Waals surface area (Å²) in [6.07, 6.45) is 14.9. The number of carbonyl (C=O) groups excluding carboxylic acids is 3. The first kappa shape index (κ1) is 53.1. The van der Waals surface area contributed by atoms with Gasteiger partial charge in [0.1, 0.15) is 6.61 Å². The molecule has 3 aliphatic heterocycles. The fourth-order valence-corrected chi connectivity index (χ4v) is 10.7. The van der Waals surface area contributed by atoms with Crippen LogP contribution in [0.25, 0.3) is 0 Å². The highest BCUT2D eigenvalue weighted by Gasteiger charge is 2.48. The van der Waals surface area contributed by atoms with Crippen molar-refractivity contribution >= 4 is 65.2 Å². The number of fused-ring (bicyclic) bond motifs is 2. The van der Waals surface area contributed by atoms with Crippen LogP contribution in [-0.4, -0.2) is 136 Å². The van der Waals surface area contributed by atoms with Crippen molar-refractivity contribution in [2.75, 3.05) is 78.5 Å². The van der Waals surface area contributed by atoms with E-state index >= 15 is 0 Å². The monoisotopic (exact) mass is 989 g/mol. The van der Waals surface area contributed by atoms with Crippen LogP contribution in [0.1, 0.15) is 69.9 Å². The van der Waals surface area contributed by atoms with E-state index in [1.165, 1.54) is 30.4 Å². The van der Waals surface area contributed by atoms with Gasteiger partial charge < -0.3 is 19.7 Å². The van der Waals surface area contributed by atoms with E-state index in [4.69, 9.17) is 13.7 Å².